The van der Waals surface area contributed by atoms with Gasteiger partial charge in [0.1, 0.15) is 0 Å². The first-order chi connectivity index (χ1) is 8.77. The predicted octanol–water partition coefficient (Wildman–Crippen LogP) is 1.00. The molecule has 2 heterocycles. The minimum atomic E-state index is 0.172. The van der Waals surface area contributed by atoms with Crippen LogP contribution in [0.4, 0.5) is 0 Å². The number of pyridine rings is 1. The van der Waals surface area contributed by atoms with Gasteiger partial charge in [-0.1, -0.05) is 6.07 Å². The summed E-state index contributed by atoms with van der Waals surface area (Å²) in [5.74, 6) is 0.529. The molecule has 0 aliphatic carbocycles. The highest BCUT2D eigenvalue weighted by Crippen LogP contribution is 1.97. The van der Waals surface area contributed by atoms with Crippen LogP contribution in [0, 0.1) is 0 Å². The van der Waals surface area contributed by atoms with Gasteiger partial charge < -0.3 is 5.73 Å². The lowest BCUT2D eigenvalue weighted by Gasteiger charge is -1.97. The van der Waals surface area contributed by atoms with E-state index < -0.39 is 0 Å². The monoisotopic (exact) mass is 240 g/mol. The molecule has 0 unspecified atom stereocenters. The first-order valence-electron chi connectivity index (χ1n) is 5.34. The molecule has 0 atom stereocenters. The molecule has 0 amide bonds. The van der Waals surface area contributed by atoms with E-state index in [2.05, 4.69) is 25.2 Å². The van der Waals surface area contributed by atoms with E-state index in [4.69, 9.17) is 5.73 Å². The molecule has 0 aliphatic heterocycles. The number of hydrogen-bond acceptors (Lipinski definition) is 5. The second-order valence-corrected chi connectivity index (χ2v) is 3.46. The summed E-state index contributed by atoms with van der Waals surface area (Å²) in [6.45, 7) is 1.81. The Hall–Kier alpha value is -2.63. The fraction of sp³-hybridized carbons (Fsp3) is 0.0833. The third-order valence-corrected chi connectivity index (χ3v) is 2.14. The van der Waals surface area contributed by atoms with Crippen molar-refractivity contribution in [2.75, 3.05) is 0 Å². The van der Waals surface area contributed by atoms with Gasteiger partial charge in [0.2, 0.25) is 0 Å². The van der Waals surface area contributed by atoms with Gasteiger partial charge in [-0.25, -0.2) is 9.97 Å². The number of nitrogens with two attached hydrogens (primary N) is 1. The van der Waals surface area contributed by atoms with E-state index >= 15 is 0 Å². The molecule has 0 saturated carbocycles. The summed E-state index contributed by atoms with van der Waals surface area (Å²) >= 11 is 0. The van der Waals surface area contributed by atoms with E-state index in [9.17, 15) is 0 Å². The lowest BCUT2D eigenvalue weighted by Crippen LogP contribution is -2.16. The van der Waals surface area contributed by atoms with Gasteiger partial charge in [-0.05, 0) is 25.1 Å². The van der Waals surface area contributed by atoms with Crippen LogP contribution in [-0.2, 0) is 0 Å². The normalized spacial score (nSPS) is 12.5. The fourth-order valence-corrected chi connectivity index (χ4v) is 1.23. The maximum absolute atomic E-state index is 5.72. The summed E-state index contributed by atoms with van der Waals surface area (Å²) in [4.78, 5) is 12.1. The molecule has 2 aromatic rings. The summed E-state index contributed by atoms with van der Waals surface area (Å²) in [6.07, 6.45) is 4.89. The van der Waals surface area contributed by atoms with Crippen LogP contribution in [0.1, 0.15) is 18.4 Å². The van der Waals surface area contributed by atoms with Gasteiger partial charge in [-0.2, -0.15) is 5.10 Å². The first kappa shape index (κ1) is 11.8. The van der Waals surface area contributed by atoms with Crippen molar-refractivity contribution in [1.29, 1.82) is 0 Å². The lowest BCUT2D eigenvalue weighted by atomic mass is 10.3. The Morgan fingerprint density at radius 2 is 1.72 bits per heavy atom. The number of hydrogen-bond donors (Lipinski definition) is 1. The molecule has 18 heavy (non-hydrogen) atoms. The van der Waals surface area contributed by atoms with Gasteiger partial charge >= 0.3 is 0 Å². The zero-order valence-electron chi connectivity index (χ0n) is 9.85. The van der Waals surface area contributed by atoms with E-state index in [1.54, 1.807) is 24.7 Å². The van der Waals surface area contributed by atoms with Crippen molar-refractivity contribution in [2.24, 2.45) is 15.9 Å². The molecule has 0 aliphatic rings. The van der Waals surface area contributed by atoms with Gasteiger partial charge in [0, 0.05) is 18.6 Å². The Morgan fingerprint density at radius 1 is 1.00 bits per heavy atom. The fourth-order valence-electron chi connectivity index (χ4n) is 1.23. The Kier molecular flexibility index (Phi) is 3.70. The number of amidine groups is 1. The Bertz CT molecular complexity index is 508. The van der Waals surface area contributed by atoms with Crippen molar-refractivity contribution >= 4 is 11.5 Å². The van der Waals surface area contributed by atoms with E-state index in [1.165, 1.54) is 0 Å². The summed E-state index contributed by atoms with van der Waals surface area (Å²) in [5, 5.41) is 7.90. The van der Waals surface area contributed by atoms with Crippen LogP contribution in [0.2, 0.25) is 0 Å². The minimum absolute atomic E-state index is 0.172. The van der Waals surface area contributed by atoms with Crippen LogP contribution in [0.3, 0.4) is 0 Å². The zero-order valence-corrected chi connectivity index (χ0v) is 9.85. The summed E-state index contributed by atoms with van der Waals surface area (Å²) in [7, 11) is 0. The molecule has 90 valence electrons. The van der Waals surface area contributed by atoms with E-state index in [0.717, 1.165) is 5.69 Å². The molecular formula is C12H12N6. The Balaban J connectivity index is 2.20. The van der Waals surface area contributed by atoms with Crippen molar-refractivity contribution in [1.82, 2.24) is 15.0 Å². The van der Waals surface area contributed by atoms with Crippen molar-refractivity contribution in [3.8, 4) is 0 Å². The van der Waals surface area contributed by atoms with Crippen LogP contribution in [0.25, 0.3) is 0 Å². The van der Waals surface area contributed by atoms with Crippen LogP contribution >= 0.6 is 0 Å². The molecule has 0 aromatic carbocycles. The molecule has 0 radical (unpaired) electrons. The maximum Gasteiger partial charge on any atom is 0.196 e. The van der Waals surface area contributed by atoms with Crippen LogP contribution < -0.4 is 5.73 Å². The minimum Gasteiger partial charge on any atom is -0.379 e. The van der Waals surface area contributed by atoms with Crippen molar-refractivity contribution in [3.05, 3.63) is 54.4 Å². The van der Waals surface area contributed by atoms with Gasteiger partial charge in [0.25, 0.3) is 0 Å². The molecule has 0 saturated heterocycles. The summed E-state index contributed by atoms with van der Waals surface area (Å²) in [5.41, 5.74) is 7.15. The second-order valence-electron chi connectivity index (χ2n) is 3.46. The van der Waals surface area contributed by atoms with Crippen molar-refractivity contribution in [3.63, 3.8) is 0 Å². The standard InChI is InChI=1S/C12H12N6/c1-9(10-5-2-3-6-14-10)17-18-11(13)12-15-7-4-8-16-12/h2-8H,1H3,(H2,13,18)/b17-9-. The summed E-state index contributed by atoms with van der Waals surface area (Å²) in [6, 6.07) is 7.28. The summed E-state index contributed by atoms with van der Waals surface area (Å²) < 4.78 is 0. The van der Waals surface area contributed by atoms with Gasteiger partial charge in [-0.15, -0.1) is 5.10 Å². The van der Waals surface area contributed by atoms with E-state index in [1.807, 2.05) is 25.1 Å². The van der Waals surface area contributed by atoms with Gasteiger partial charge in [-0.3, -0.25) is 4.98 Å². The molecule has 0 bridgehead atoms. The average Bonchev–Trinajstić information content (AvgIpc) is 2.46. The number of aromatic nitrogens is 3. The largest absolute Gasteiger partial charge is 0.379 e. The quantitative estimate of drug-likeness (QED) is 0.492. The SMILES string of the molecule is C/C(=N/N=C(\N)c1ncccn1)c1ccccn1. The van der Waals surface area contributed by atoms with E-state index in [0.29, 0.717) is 11.5 Å². The lowest BCUT2D eigenvalue weighted by molar-refractivity contribution is 1.10. The topological polar surface area (TPSA) is 89.4 Å². The smallest absolute Gasteiger partial charge is 0.196 e. The van der Waals surface area contributed by atoms with Gasteiger partial charge in [0.15, 0.2) is 11.7 Å². The third kappa shape index (κ3) is 2.94. The molecule has 0 fully saturated rings. The third-order valence-electron chi connectivity index (χ3n) is 2.14. The molecule has 6 nitrogen and oxygen atoms in total. The molecular weight excluding hydrogens is 228 g/mol. The number of nitrogens with zero attached hydrogens (tertiary/aromatic N) is 5. The average molecular weight is 240 g/mol. The highest BCUT2D eigenvalue weighted by Gasteiger charge is 2.00. The predicted molar refractivity (Wildman–Crippen MR) is 69.2 cm³/mol. The first-order valence-corrected chi connectivity index (χ1v) is 5.34. The highest BCUT2D eigenvalue weighted by molar-refractivity contribution is 5.98. The highest BCUT2D eigenvalue weighted by atomic mass is 15.2. The zero-order chi connectivity index (χ0) is 12.8. The Labute approximate surface area is 104 Å². The van der Waals surface area contributed by atoms with Crippen LogP contribution in [-0.4, -0.2) is 26.5 Å². The molecule has 2 N–H and O–H groups in total. The molecule has 2 aromatic heterocycles. The van der Waals surface area contributed by atoms with Crippen molar-refractivity contribution < 1.29 is 0 Å². The van der Waals surface area contributed by atoms with Gasteiger partial charge in [0.05, 0.1) is 11.4 Å². The molecule has 2 rings (SSSR count). The molecule has 6 heteroatoms. The second kappa shape index (κ2) is 5.62. The Morgan fingerprint density at radius 3 is 2.39 bits per heavy atom. The van der Waals surface area contributed by atoms with Crippen LogP contribution in [0.5, 0.6) is 0 Å². The van der Waals surface area contributed by atoms with Crippen molar-refractivity contribution in [2.45, 2.75) is 6.92 Å². The van der Waals surface area contributed by atoms with E-state index in [-0.39, 0.29) is 5.84 Å². The van der Waals surface area contributed by atoms with Crippen LogP contribution in [0.15, 0.2) is 53.1 Å². The maximum atomic E-state index is 5.72. The number of rotatable bonds is 3. The molecule has 0 spiro atoms.